The maximum Gasteiger partial charge on any atom is 0.314 e. The standard InChI is InChI=1S/C16H16N2O4/c1-21-13-7-3-11(4-8-13)17-15(19)16(20)18-12-5-9-14(22-2)10-6-12/h3-10H,1-2H3,(H,17,19)(H,18,20). The molecule has 0 saturated carbocycles. The number of hydrogen-bond donors (Lipinski definition) is 2. The van der Waals surface area contributed by atoms with E-state index < -0.39 is 11.8 Å². The molecule has 0 bridgehead atoms. The highest BCUT2D eigenvalue weighted by molar-refractivity contribution is 6.43. The molecule has 114 valence electrons. The number of amides is 2. The first-order valence-electron chi connectivity index (χ1n) is 6.53. The van der Waals surface area contributed by atoms with Crippen LogP contribution in [0.4, 0.5) is 11.4 Å². The minimum Gasteiger partial charge on any atom is -0.497 e. The Balaban J connectivity index is 1.94. The van der Waals surface area contributed by atoms with Crippen LogP contribution >= 0.6 is 0 Å². The molecule has 0 saturated heterocycles. The molecule has 2 N–H and O–H groups in total. The quantitative estimate of drug-likeness (QED) is 0.849. The van der Waals surface area contributed by atoms with E-state index in [-0.39, 0.29) is 0 Å². The Bertz CT molecular complexity index is 591. The second-order valence-electron chi connectivity index (χ2n) is 4.37. The molecule has 0 aliphatic heterocycles. The third kappa shape index (κ3) is 3.99. The zero-order valence-corrected chi connectivity index (χ0v) is 12.3. The number of anilines is 2. The van der Waals surface area contributed by atoms with Crippen molar-refractivity contribution in [3.8, 4) is 11.5 Å². The van der Waals surface area contributed by atoms with Crippen LogP contribution in [0, 0.1) is 0 Å². The molecule has 22 heavy (non-hydrogen) atoms. The van der Waals surface area contributed by atoms with E-state index in [1.165, 1.54) is 0 Å². The zero-order valence-electron chi connectivity index (χ0n) is 12.3. The zero-order chi connectivity index (χ0) is 15.9. The molecule has 2 aromatic carbocycles. The first-order chi connectivity index (χ1) is 10.6. The number of methoxy groups -OCH3 is 2. The van der Waals surface area contributed by atoms with E-state index in [4.69, 9.17) is 9.47 Å². The van der Waals surface area contributed by atoms with Crippen molar-refractivity contribution in [2.75, 3.05) is 24.9 Å². The van der Waals surface area contributed by atoms with Crippen molar-refractivity contribution >= 4 is 23.2 Å². The Hall–Kier alpha value is -3.02. The number of carbonyl (C=O) groups excluding carboxylic acids is 2. The summed E-state index contributed by atoms with van der Waals surface area (Å²) in [4.78, 5) is 23.6. The van der Waals surface area contributed by atoms with Gasteiger partial charge in [-0.1, -0.05) is 0 Å². The van der Waals surface area contributed by atoms with Crippen LogP contribution in [-0.2, 0) is 9.59 Å². The van der Waals surface area contributed by atoms with Gasteiger partial charge < -0.3 is 20.1 Å². The smallest absolute Gasteiger partial charge is 0.314 e. The molecule has 0 spiro atoms. The summed E-state index contributed by atoms with van der Waals surface area (Å²) >= 11 is 0. The highest BCUT2D eigenvalue weighted by Crippen LogP contribution is 2.16. The monoisotopic (exact) mass is 300 g/mol. The van der Waals surface area contributed by atoms with Gasteiger partial charge in [-0.25, -0.2) is 0 Å². The van der Waals surface area contributed by atoms with Crippen LogP contribution < -0.4 is 20.1 Å². The van der Waals surface area contributed by atoms with Crippen LogP contribution in [0.1, 0.15) is 0 Å². The van der Waals surface area contributed by atoms with E-state index in [0.717, 1.165) is 0 Å². The summed E-state index contributed by atoms with van der Waals surface area (Å²) in [7, 11) is 3.10. The molecule has 0 atom stereocenters. The largest absolute Gasteiger partial charge is 0.497 e. The molecule has 6 heteroatoms. The number of carbonyl (C=O) groups is 2. The molecular weight excluding hydrogens is 284 g/mol. The number of rotatable bonds is 4. The average molecular weight is 300 g/mol. The van der Waals surface area contributed by atoms with Crippen LogP contribution in [-0.4, -0.2) is 26.0 Å². The van der Waals surface area contributed by atoms with Gasteiger partial charge in [-0.15, -0.1) is 0 Å². The van der Waals surface area contributed by atoms with E-state index >= 15 is 0 Å². The topological polar surface area (TPSA) is 76.7 Å². The maximum absolute atomic E-state index is 11.8. The van der Waals surface area contributed by atoms with Crippen LogP contribution in [0.15, 0.2) is 48.5 Å². The van der Waals surface area contributed by atoms with Crippen LogP contribution in [0.2, 0.25) is 0 Å². The van der Waals surface area contributed by atoms with E-state index in [1.807, 2.05) is 0 Å². The van der Waals surface area contributed by atoms with Gasteiger partial charge in [-0.2, -0.15) is 0 Å². The molecule has 0 unspecified atom stereocenters. The van der Waals surface area contributed by atoms with Gasteiger partial charge in [0.25, 0.3) is 0 Å². The van der Waals surface area contributed by atoms with Gasteiger partial charge in [-0.3, -0.25) is 9.59 Å². The lowest BCUT2D eigenvalue weighted by atomic mass is 10.3. The molecule has 6 nitrogen and oxygen atoms in total. The molecule has 0 aliphatic carbocycles. The van der Waals surface area contributed by atoms with Gasteiger partial charge >= 0.3 is 11.8 Å². The van der Waals surface area contributed by atoms with E-state index in [0.29, 0.717) is 22.9 Å². The first-order valence-corrected chi connectivity index (χ1v) is 6.53. The number of ether oxygens (including phenoxy) is 2. The number of nitrogens with one attached hydrogen (secondary N) is 2. The summed E-state index contributed by atoms with van der Waals surface area (Å²) < 4.78 is 10.0. The number of hydrogen-bond acceptors (Lipinski definition) is 4. The van der Waals surface area contributed by atoms with Gasteiger partial charge in [0.05, 0.1) is 14.2 Å². The van der Waals surface area contributed by atoms with Crippen molar-refractivity contribution in [2.45, 2.75) is 0 Å². The van der Waals surface area contributed by atoms with Crippen molar-refractivity contribution < 1.29 is 19.1 Å². The lowest BCUT2D eigenvalue weighted by Crippen LogP contribution is -2.29. The number of benzene rings is 2. The summed E-state index contributed by atoms with van der Waals surface area (Å²) in [5, 5.41) is 5.01. The molecule has 0 aromatic heterocycles. The van der Waals surface area contributed by atoms with Gasteiger partial charge in [0.1, 0.15) is 11.5 Å². The molecule has 0 radical (unpaired) electrons. The molecule has 2 aromatic rings. The van der Waals surface area contributed by atoms with Gasteiger partial charge in [0, 0.05) is 11.4 Å². The lowest BCUT2D eigenvalue weighted by Gasteiger charge is -2.07. The first kappa shape index (κ1) is 15.4. The fourth-order valence-electron chi connectivity index (χ4n) is 1.72. The van der Waals surface area contributed by atoms with Crippen molar-refractivity contribution in [3.63, 3.8) is 0 Å². The third-order valence-electron chi connectivity index (χ3n) is 2.90. The van der Waals surface area contributed by atoms with Gasteiger partial charge in [-0.05, 0) is 48.5 Å². The molecular formula is C16H16N2O4. The third-order valence-corrected chi connectivity index (χ3v) is 2.90. The SMILES string of the molecule is COc1ccc(NC(=O)C(=O)Nc2ccc(OC)cc2)cc1. The Morgan fingerprint density at radius 1 is 0.682 bits per heavy atom. The average Bonchev–Trinajstić information content (AvgIpc) is 2.56. The normalized spacial score (nSPS) is 9.73. The van der Waals surface area contributed by atoms with Crippen molar-refractivity contribution in [2.24, 2.45) is 0 Å². The van der Waals surface area contributed by atoms with E-state index in [1.54, 1.807) is 62.8 Å². The maximum atomic E-state index is 11.8. The van der Waals surface area contributed by atoms with Crippen LogP contribution in [0.25, 0.3) is 0 Å². The molecule has 0 heterocycles. The summed E-state index contributed by atoms with van der Waals surface area (Å²) in [5.74, 6) is -0.164. The fourth-order valence-corrected chi connectivity index (χ4v) is 1.72. The Morgan fingerprint density at radius 3 is 1.27 bits per heavy atom. The summed E-state index contributed by atoms with van der Waals surface area (Å²) in [6, 6.07) is 13.4. The second kappa shape index (κ2) is 7.12. The minimum atomic E-state index is -0.749. The molecule has 0 aliphatic rings. The fraction of sp³-hybridized carbons (Fsp3) is 0.125. The Morgan fingerprint density at radius 2 is 1.00 bits per heavy atom. The molecule has 2 amide bonds. The van der Waals surface area contributed by atoms with Gasteiger partial charge in [0.15, 0.2) is 0 Å². The lowest BCUT2D eigenvalue weighted by molar-refractivity contribution is -0.132. The van der Waals surface area contributed by atoms with Crippen molar-refractivity contribution in [1.29, 1.82) is 0 Å². The van der Waals surface area contributed by atoms with Crippen molar-refractivity contribution in [3.05, 3.63) is 48.5 Å². The van der Waals surface area contributed by atoms with Crippen LogP contribution in [0.3, 0.4) is 0 Å². The summed E-state index contributed by atoms with van der Waals surface area (Å²) in [5.41, 5.74) is 1.02. The predicted octanol–water partition coefficient (Wildman–Crippen LogP) is 2.28. The Labute approximate surface area is 128 Å². The Kier molecular flexibility index (Phi) is 4.98. The second-order valence-corrected chi connectivity index (χ2v) is 4.37. The highest BCUT2D eigenvalue weighted by Gasteiger charge is 2.14. The van der Waals surface area contributed by atoms with E-state index in [9.17, 15) is 9.59 Å². The predicted molar refractivity (Wildman–Crippen MR) is 83.2 cm³/mol. The van der Waals surface area contributed by atoms with E-state index in [2.05, 4.69) is 10.6 Å². The van der Waals surface area contributed by atoms with Gasteiger partial charge in [0.2, 0.25) is 0 Å². The summed E-state index contributed by atoms with van der Waals surface area (Å²) in [6.07, 6.45) is 0. The summed E-state index contributed by atoms with van der Waals surface area (Å²) in [6.45, 7) is 0. The van der Waals surface area contributed by atoms with Crippen LogP contribution in [0.5, 0.6) is 11.5 Å². The molecule has 0 fully saturated rings. The highest BCUT2D eigenvalue weighted by atomic mass is 16.5. The van der Waals surface area contributed by atoms with Crippen molar-refractivity contribution in [1.82, 2.24) is 0 Å². The minimum absolute atomic E-state index is 0.510. The molecule has 2 rings (SSSR count).